The molecule has 0 spiro atoms. The predicted octanol–water partition coefficient (Wildman–Crippen LogP) is 1.09. The maximum atomic E-state index is 11.2. The van der Waals surface area contributed by atoms with E-state index in [1.807, 2.05) is 12.3 Å². The van der Waals surface area contributed by atoms with Crippen molar-refractivity contribution in [3.05, 3.63) is 40.6 Å². The van der Waals surface area contributed by atoms with Crippen molar-refractivity contribution in [3.63, 3.8) is 0 Å². The molecule has 0 unspecified atom stereocenters. The lowest BCUT2D eigenvalue weighted by Gasteiger charge is -2.01. The number of nitrogen functional groups attached to an aromatic ring is 1. The van der Waals surface area contributed by atoms with Crippen molar-refractivity contribution in [3.8, 4) is 0 Å². The number of carbonyl (C=O) groups is 1. The third-order valence-electron chi connectivity index (χ3n) is 2.37. The maximum absolute atomic E-state index is 11.2. The fourth-order valence-corrected chi connectivity index (χ4v) is 1.53. The molecule has 0 aromatic carbocycles. The highest BCUT2D eigenvalue weighted by Crippen LogP contribution is 2.16. The third kappa shape index (κ3) is 2.32. The molecule has 3 N–H and O–H groups in total. The number of rotatable bonds is 3. The summed E-state index contributed by atoms with van der Waals surface area (Å²) in [5.41, 5.74) is 2.84. The molecular weight excluding hydrogens is 244 g/mol. The Morgan fingerprint density at radius 3 is 3.00 bits per heavy atom. The lowest BCUT2D eigenvalue weighted by atomic mass is 10.4. The number of aromatic nitrogens is 2. The summed E-state index contributed by atoms with van der Waals surface area (Å²) in [6.07, 6.45) is 1.56. The Kier molecular flexibility index (Phi) is 3.16. The van der Waals surface area contributed by atoms with Gasteiger partial charge in [-0.15, -0.1) is 0 Å². The molecule has 17 heavy (non-hydrogen) atoms. The van der Waals surface area contributed by atoms with Gasteiger partial charge in [0.15, 0.2) is 5.76 Å². The van der Waals surface area contributed by atoms with Crippen molar-refractivity contribution in [2.75, 3.05) is 0 Å². The van der Waals surface area contributed by atoms with E-state index in [0.717, 1.165) is 5.69 Å². The van der Waals surface area contributed by atoms with E-state index in [1.165, 1.54) is 0 Å². The zero-order chi connectivity index (χ0) is 12.4. The Hall–Kier alpha value is -1.79. The number of nitrogens with one attached hydrogen (secondary N) is 1. The van der Waals surface area contributed by atoms with E-state index in [-0.39, 0.29) is 5.76 Å². The quantitative estimate of drug-likeness (QED) is 0.488. The molecule has 0 saturated carbocycles. The second-order valence-corrected chi connectivity index (χ2v) is 3.88. The summed E-state index contributed by atoms with van der Waals surface area (Å²) in [4.78, 5) is 11.2. The number of hydrogen-bond donors (Lipinski definition) is 2. The number of halogens is 1. The minimum atomic E-state index is -0.466. The molecule has 0 aliphatic carbocycles. The van der Waals surface area contributed by atoms with Crippen LogP contribution in [0.5, 0.6) is 0 Å². The molecule has 0 radical (unpaired) electrons. The molecule has 2 aromatic heterocycles. The topological polar surface area (TPSA) is 86.1 Å². The Bertz CT molecular complexity index is 546. The van der Waals surface area contributed by atoms with Crippen LogP contribution in [0.4, 0.5) is 0 Å². The summed E-state index contributed by atoms with van der Waals surface area (Å²) in [5.74, 6) is 5.30. The molecule has 0 saturated heterocycles. The van der Waals surface area contributed by atoms with Gasteiger partial charge in [-0.25, -0.2) is 5.84 Å². The predicted molar refractivity (Wildman–Crippen MR) is 61.4 cm³/mol. The number of nitrogens with zero attached hydrogens (tertiary/aromatic N) is 2. The Morgan fingerprint density at radius 2 is 2.41 bits per heavy atom. The van der Waals surface area contributed by atoms with Gasteiger partial charge in [0.05, 0.1) is 23.5 Å². The number of hydrogen-bond acceptors (Lipinski definition) is 4. The van der Waals surface area contributed by atoms with Gasteiger partial charge in [0, 0.05) is 0 Å². The van der Waals surface area contributed by atoms with Gasteiger partial charge in [0.25, 0.3) is 0 Å². The van der Waals surface area contributed by atoms with Crippen LogP contribution in [-0.4, -0.2) is 15.7 Å². The number of hydrazine groups is 1. The lowest BCUT2D eigenvalue weighted by molar-refractivity contribution is 0.0924. The SMILES string of the molecule is Cc1c(Cl)cnn1Cc1ccc(C(=O)NN)o1. The maximum Gasteiger partial charge on any atom is 0.300 e. The van der Waals surface area contributed by atoms with Crippen LogP contribution in [0.3, 0.4) is 0 Å². The van der Waals surface area contributed by atoms with E-state index in [9.17, 15) is 4.79 Å². The minimum Gasteiger partial charge on any atom is -0.454 e. The van der Waals surface area contributed by atoms with Crippen LogP contribution < -0.4 is 11.3 Å². The highest BCUT2D eigenvalue weighted by Gasteiger charge is 2.11. The first-order valence-electron chi connectivity index (χ1n) is 4.89. The third-order valence-corrected chi connectivity index (χ3v) is 2.74. The summed E-state index contributed by atoms with van der Waals surface area (Å²) in [7, 11) is 0. The average Bonchev–Trinajstić information content (AvgIpc) is 2.91. The number of furan rings is 1. The van der Waals surface area contributed by atoms with Crippen molar-refractivity contribution in [1.29, 1.82) is 0 Å². The van der Waals surface area contributed by atoms with E-state index in [2.05, 4.69) is 5.10 Å². The van der Waals surface area contributed by atoms with Gasteiger partial charge in [-0.2, -0.15) is 5.10 Å². The highest BCUT2D eigenvalue weighted by molar-refractivity contribution is 6.31. The summed E-state index contributed by atoms with van der Waals surface area (Å²) in [5, 5.41) is 4.68. The Morgan fingerprint density at radius 1 is 1.65 bits per heavy atom. The first-order valence-corrected chi connectivity index (χ1v) is 5.27. The van der Waals surface area contributed by atoms with Crippen molar-refractivity contribution in [1.82, 2.24) is 15.2 Å². The van der Waals surface area contributed by atoms with Crippen molar-refractivity contribution >= 4 is 17.5 Å². The zero-order valence-electron chi connectivity index (χ0n) is 9.11. The molecule has 1 amide bonds. The van der Waals surface area contributed by atoms with E-state index >= 15 is 0 Å². The van der Waals surface area contributed by atoms with E-state index in [4.69, 9.17) is 21.9 Å². The van der Waals surface area contributed by atoms with E-state index in [1.54, 1.807) is 23.0 Å². The molecule has 0 aliphatic heterocycles. The fourth-order valence-electron chi connectivity index (χ4n) is 1.39. The van der Waals surface area contributed by atoms with Gasteiger partial charge in [0.1, 0.15) is 5.76 Å². The van der Waals surface area contributed by atoms with Gasteiger partial charge >= 0.3 is 5.91 Å². The summed E-state index contributed by atoms with van der Waals surface area (Å²) in [6.45, 7) is 2.27. The zero-order valence-corrected chi connectivity index (χ0v) is 9.86. The molecule has 0 aliphatic rings. The summed E-state index contributed by atoms with van der Waals surface area (Å²) < 4.78 is 6.99. The Balaban J connectivity index is 2.17. The van der Waals surface area contributed by atoms with Gasteiger partial charge in [-0.05, 0) is 19.1 Å². The van der Waals surface area contributed by atoms with Crippen LogP contribution in [0.1, 0.15) is 22.0 Å². The minimum absolute atomic E-state index is 0.165. The molecule has 2 heterocycles. The molecule has 6 nitrogen and oxygen atoms in total. The van der Waals surface area contributed by atoms with Crippen LogP contribution in [0.25, 0.3) is 0 Å². The number of nitrogens with two attached hydrogens (primary N) is 1. The van der Waals surface area contributed by atoms with Crippen molar-refractivity contribution < 1.29 is 9.21 Å². The van der Waals surface area contributed by atoms with E-state index in [0.29, 0.717) is 17.3 Å². The number of carbonyl (C=O) groups excluding carboxylic acids is 1. The first-order chi connectivity index (χ1) is 8.11. The van der Waals surface area contributed by atoms with Gasteiger partial charge in [0.2, 0.25) is 0 Å². The van der Waals surface area contributed by atoms with Crippen LogP contribution in [0.15, 0.2) is 22.7 Å². The molecule has 2 rings (SSSR count). The van der Waals surface area contributed by atoms with Crippen molar-refractivity contribution in [2.24, 2.45) is 5.84 Å². The highest BCUT2D eigenvalue weighted by atomic mass is 35.5. The molecule has 0 atom stereocenters. The molecule has 90 valence electrons. The largest absolute Gasteiger partial charge is 0.454 e. The molecule has 0 bridgehead atoms. The Labute approximate surface area is 102 Å². The summed E-state index contributed by atoms with van der Waals surface area (Å²) in [6, 6.07) is 3.25. The molecular formula is C10H11ClN4O2. The molecule has 7 heteroatoms. The standard InChI is InChI=1S/C10H11ClN4O2/c1-6-8(11)4-13-15(6)5-7-2-3-9(17-7)10(16)14-12/h2-4H,5,12H2,1H3,(H,14,16). The van der Waals surface area contributed by atoms with E-state index < -0.39 is 5.91 Å². The monoisotopic (exact) mass is 254 g/mol. The van der Waals surface area contributed by atoms with Crippen molar-refractivity contribution in [2.45, 2.75) is 13.5 Å². The van der Waals surface area contributed by atoms with Gasteiger partial charge < -0.3 is 4.42 Å². The molecule has 2 aromatic rings. The normalized spacial score (nSPS) is 10.5. The van der Waals surface area contributed by atoms with Gasteiger partial charge in [-0.3, -0.25) is 14.9 Å². The van der Waals surface area contributed by atoms with Crippen LogP contribution in [0, 0.1) is 6.92 Å². The first kappa shape index (κ1) is 11.7. The van der Waals surface area contributed by atoms with Crippen LogP contribution in [0.2, 0.25) is 5.02 Å². The smallest absolute Gasteiger partial charge is 0.300 e. The second-order valence-electron chi connectivity index (χ2n) is 3.47. The average molecular weight is 255 g/mol. The summed E-state index contributed by atoms with van der Waals surface area (Å²) >= 11 is 5.88. The van der Waals surface area contributed by atoms with Crippen LogP contribution >= 0.6 is 11.6 Å². The lowest BCUT2D eigenvalue weighted by Crippen LogP contribution is -2.29. The second kappa shape index (κ2) is 4.60. The number of amides is 1. The fraction of sp³-hybridized carbons (Fsp3) is 0.200. The molecule has 0 fully saturated rings. The van der Waals surface area contributed by atoms with Gasteiger partial charge in [-0.1, -0.05) is 11.6 Å². The van der Waals surface area contributed by atoms with Crippen LogP contribution in [-0.2, 0) is 6.54 Å².